The minimum Gasteiger partial charge on any atom is -0.497 e. The topological polar surface area (TPSA) is 47.6 Å². The highest BCUT2D eigenvalue weighted by molar-refractivity contribution is 6.09. The number of nitrogens with two attached hydrogens (primary N) is 1. The third-order valence-corrected chi connectivity index (χ3v) is 3.29. The van der Waals surface area contributed by atoms with Crippen LogP contribution in [0.25, 0.3) is 0 Å². The summed E-state index contributed by atoms with van der Waals surface area (Å²) >= 11 is 0. The molecule has 1 aliphatic rings. The van der Waals surface area contributed by atoms with Crippen molar-refractivity contribution in [3.05, 3.63) is 42.0 Å². The van der Waals surface area contributed by atoms with Gasteiger partial charge in [-0.3, -0.25) is 4.99 Å². The van der Waals surface area contributed by atoms with Crippen LogP contribution in [0, 0.1) is 5.92 Å². The van der Waals surface area contributed by atoms with E-state index in [2.05, 4.69) is 17.1 Å². The smallest absolute Gasteiger partial charge is 0.118 e. The zero-order valence-electron chi connectivity index (χ0n) is 11.2. The Balaban J connectivity index is 2.13. The Labute approximate surface area is 108 Å². The number of aliphatic imine (C=N–C) groups is 1. The molecule has 0 aliphatic carbocycles. The monoisotopic (exact) mass is 244 g/mol. The molecule has 3 heteroatoms. The SMILES string of the molecule is COc1ccc(C2=NCC(C(C)(C)N)C=C2)cc1. The van der Waals surface area contributed by atoms with E-state index in [1.807, 2.05) is 38.1 Å². The molecular formula is C15H20N2O. The van der Waals surface area contributed by atoms with Gasteiger partial charge in [-0.2, -0.15) is 0 Å². The summed E-state index contributed by atoms with van der Waals surface area (Å²) in [6.07, 6.45) is 4.22. The van der Waals surface area contributed by atoms with Crippen LogP contribution in [0.3, 0.4) is 0 Å². The second kappa shape index (κ2) is 4.94. The van der Waals surface area contributed by atoms with E-state index in [0.29, 0.717) is 5.92 Å². The lowest BCUT2D eigenvalue weighted by atomic mass is 9.86. The van der Waals surface area contributed by atoms with Crippen LogP contribution < -0.4 is 10.5 Å². The molecule has 1 atom stereocenters. The first-order valence-electron chi connectivity index (χ1n) is 6.16. The maximum absolute atomic E-state index is 6.10. The molecule has 0 aromatic heterocycles. The van der Waals surface area contributed by atoms with Gasteiger partial charge in [-0.1, -0.05) is 6.08 Å². The van der Waals surface area contributed by atoms with Gasteiger partial charge in [0.05, 0.1) is 12.8 Å². The van der Waals surface area contributed by atoms with Gasteiger partial charge in [0.15, 0.2) is 0 Å². The molecule has 0 saturated heterocycles. The van der Waals surface area contributed by atoms with Gasteiger partial charge in [0.25, 0.3) is 0 Å². The highest BCUT2D eigenvalue weighted by Crippen LogP contribution is 2.21. The predicted molar refractivity (Wildman–Crippen MR) is 75.3 cm³/mol. The molecule has 1 heterocycles. The maximum atomic E-state index is 6.10. The van der Waals surface area contributed by atoms with Crippen LogP contribution in [0.15, 0.2) is 41.4 Å². The summed E-state index contributed by atoms with van der Waals surface area (Å²) in [4.78, 5) is 4.61. The van der Waals surface area contributed by atoms with Crippen molar-refractivity contribution in [1.82, 2.24) is 0 Å². The van der Waals surface area contributed by atoms with E-state index in [-0.39, 0.29) is 5.54 Å². The second-order valence-electron chi connectivity index (χ2n) is 5.24. The Morgan fingerprint density at radius 1 is 1.28 bits per heavy atom. The van der Waals surface area contributed by atoms with Crippen LogP contribution in [-0.4, -0.2) is 24.9 Å². The zero-order chi connectivity index (χ0) is 13.2. The molecule has 0 spiro atoms. The maximum Gasteiger partial charge on any atom is 0.118 e. The number of ether oxygens (including phenoxy) is 1. The van der Waals surface area contributed by atoms with E-state index < -0.39 is 0 Å². The number of benzene rings is 1. The summed E-state index contributed by atoms with van der Waals surface area (Å²) in [6.45, 7) is 4.83. The normalized spacial score (nSPS) is 19.6. The second-order valence-corrected chi connectivity index (χ2v) is 5.24. The summed E-state index contributed by atoms with van der Waals surface area (Å²) < 4.78 is 5.14. The number of hydrogen-bond acceptors (Lipinski definition) is 3. The highest BCUT2D eigenvalue weighted by atomic mass is 16.5. The highest BCUT2D eigenvalue weighted by Gasteiger charge is 2.24. The number of dihydropyridines is 1. The van der Waals surface area contributed by atoms with Gasteiger partial charge in [0.1, 0.15) is 5.75 Å². The van der Waals surface area contributed by atoms with Gasteiger partial charge in [0.2, 0.25) is 0 Å². The van der Waals surface area contributed by atoms with E-state index in [0.717, 1.165) is 23.6 Å². The van der Waals surface area contributed by atoms with Crippen molar-refractivity contribution in [3.63, 3.8) is 0 Å². The lowest BCUT2D eigenvalue weighted by Crippen LogP contribution is -2.42. The van der Waals surface area contributed by atoms with Gasteiger partial charge >= 0.3 is 0 Å². The van der Waals surface area contributed by atoms with E-state index in [1.54, 1.807) is 7.11 Å². The Bertz CT molecular complexity index is 466. The average Bonchev–Trinajstić information content (AvgIpc) is 2.38. The molecule has 3 nitrogen and oxygen atoms in total. The Kier molecular flexibility index (Phi) is 3.53. The van der Waals surface area contributed by atoms with E-state index in [1.165, 1.54) is 0 Å². The lowest BCUT2D eigenvalue weighted by molar-refractivity contribution is 0.389. The summed E-state index contributed by atoms with van der Waals surface area (Å²) in [6, 6.07) is 7.95. The van der Waals surface area contributed by atoms with Crippen molar-refractivity contribution in [2.24, 2.45) is 16.6 Å². The number of hydrogen-bond donors (Lipinski definition) is 1. The van der Waals surface area contributed by atoms with Crippen molar-refractivity contribution in [2.75, 3.05) is 13.7 Å². The van der Waals surface area contributed by atoms with Crippen molar-refractivity contribution in [3.8, 4) is 5.75 Å². The minimum atomic E-state index is -0.217. The van der Waals surface area contributed by atoms with Crippen LogP contribution in [0.4, 0.5) is 0 Å². The molecule has 0 bridgehead atoms. The van der Waals surface area contributed by atoms with Gasteiger partial charge in [-0.05, 0) is 49.8 Å². The van der Waals surface area contributed by atoms with Crippen molar-refractivity contribution in [2.45, 2.75) is 19.4 Å². The van der Waals surface area contributed by atoms with Crippen LogP contribution in [0.1, 0.15) is 19.4 Å². The molecule has 2 rings (SSSR count). The van der Waals surface area contributed by atoms with Crippen LogP contribution in [-0.2, 0) is 0 Å². The Hall–Kier alpha value is -1.61. The number of methoxy groups -OCH3 is 1. The third-order valence-electron chi connectivity index (χ3n) is 3.29. The fourth-order valence-electron chi connectivity index (χ4n) is 1.95. The predicted octanol–water partition coefficient (Wildman–Crippen LogP) is 2.41. The number of rotatable bonds is 3. The molecule has 2 N–H and O–H groups in total. The van der Waals surface area contributed by atoms with E-state index in [4.69, 9.17) is 10.5 Å². The van der Waals surface area contributed by atoms with Gasteiger partial charge in [0, 0.05) is 18.0 Å². The summed E-state index contributed by atoms with van der Waals surface area (Å²) in [5, 5.41) is 0. The van der Waals surface area contributed by atoms with Gasteiger partial charge < -0.3 is 10.5 Å². The first kappa shape index (κ1) is 12.8. The van der Waals surface area contributed by atoms with Crippen molar-refractivity contribution < 1.29 is 4.74 Å². The summed E-state index contributed by atoms with van der Waals surface area (Å²) in [5.74, 6) is 1.17. The van der Waals surface area contributed by atoms with E-state index in [9.17, 15) is 0 Å². The summed E-state index contributed by atoms with van der Waals surface area (Å²) in [7, 11) is 1.67. The van der Waals surface area contributed by atoms with Gasteiger partial charge in [-0.15, -0.1) is 0 Å². The molecule has 1 unspecified atom stereocenters. The molecule has 0 fully saturated rings. The first-order valence-corrected chi connectivity index (χ1v) is 6.16. The molecule has 1 aliphatic heterocycles. The fraction of sp³-hybridized carbons (Fsp3) is 0.400. The molecule has 18 heavy (non-hydrogen) atoms. The molecule has 0 radical (unpaired) electrons. The Morgan fingerprint density at radius 3 is 2.39 bits per heavy atom. The zero-order valence-corrected chi connectivity index (χ0v) is 11.2. The summed E-state index contributed by atoms with van der Waals surface area (Å²) in [5.41, 5.74) is 8.00. The molecule has 1 aromatic carbocycles. The molecule has 96 valence electrons. The largest absolute Gasteiger partial charge is 0.497 e. The third kappa shape index (κ3) is 2.79. The first-order chi connectivity index (χ1) is 8.50. The fourth-order valence-corrected chi connectivity index (χ4v) is 1.95. The molecule has 0 amide bonds. The number of allylic oxidation sites excluding steroid dienone is 1. The molecule has 0 saturated carbocycles. The van der Waals surface area contributed by atoms with Crippen LogP contribution in [0.5, 0.6) is 5.75 Å². The molecular weight excluding hydrogens is 224 g/mol. The minimum absolute atomic E-state index is 0.217. The van der Waals surface area contributed by atoms with Gasteiger partial charge in [-0.25, -0.2) is 0 Å². The van der Waals surface area contributed by atoms with Crippen LogP contribution in [0.2, 0.25) is 0 Å². The average molecular weight is 244 g/mol. The Morgan fingerprint density at radius 2 is 1.94 bits per heavy atom. The number of nitrogens with zero attached hydrogens (tertiary/aromatic N) is 1. The van der Waals surface area contributed by atoms with Crippen molar-refractivity contribution in [1.29, 1.82) is 0 Å². The van der Waals surface area contributed by atoms with Crippen LogP contribution >= 0.6 is 0 Å². The standard InChI is InChI=1S/C15H20N2O/c1-15(2,16)12-6-9-14(17-10-12)11-4-7-13(18-3)8-5-11/h4-9,12H,10,16H2,1-3H3. The lowest BCUT2D eigenvalue weighted by Gasteiger charge is -2.28. The van der Waals surface area contributed by atoms with Crippen molar-refractivity contribution >= 4 is 5.71 Å². The quantitative estimate of drug-likeness (QED) is 0.887. The molecule has 1 aromatic rings. The van der Waals surface area contributed by atoms with E-state index >= 15 is 0 Å².